The zero-order valence-corrected chi connectivity index (χ0v) is 19.3. The van der Waals surface area contributed by atoms with Crippen molar-refractivity contribution in [3.05, 3.63) is 65.7 Å². The van der Waals surface area contributed by atoms with Crippen LogP contribution in [-0.4, -0.2) is 42.5 Å². The van der Waals surface area contributed by atoms with Crippen molar-refractivity contribution in [2.75, 3.05) is 24.7 Å². The maximum atomic E-state index is 14.0. The molecule has 0 bridgehead atoms. The van der Waals surface area contributed by atoms with Crippen LogP contribution in [0.15, 0.2) is 54.6 Å². The highest BCUT2D eigenvalue weighted by molar-refractivity contribution is 7.55. The Kier molecular flexibility index (Phi) is 6.12. The summed E-state index contributed by atoms with van der Waals surface area (Å²) in [7, 11) is -3.85. The summed E-state index contributed by atoms with van der Waals surface area (Å²) in [6, 6.07) is 16.8. The predicted octanol–water partition coefficient (Wildman–Crippen LogP) is 4.49. The molecule has 1 fully saturated rings. The molecule has 2 atom stereocenters. The molecule has 2 aromatic rings. The van der Waals surface area contributed by atoms with E-state index in [0.717, 1.165) is 5.56 Å². The fourth-order valence-corrected chi connectivity index (χ4v) is 6.89. The Hall–Kier alpha value is -2.67. The van der Waals surface area contributed by atoms with Crippen LogP contribution in [0.25, 0.3) is 0 Å². The highest BCUT2D eigenvalue weighted by Gasteiger charge is 2.82. The maximum Gasteiger partial charge on any atom is 0.411 e. The molecular weight excluding hydrogens is 431 g/mol. The van der Waals surface area contributed by atoms with Gasteiger partial charge in [0, 0.05) is 5.56 Å². The van der Waals surface area contributed by atoms with Crippen LogP contribution in [0.2, 0.25) is 0 Å². The van der Waals surface area contributed by atoms with E-state index in [9.17, 15) is 14.2 Å². The largest absolute Gasteiger partial charge is 0.450 e. The van der Waals surface area contributed by atoms with Gasteiger partial charge >= 0.3 is 13.7 Å². The third-order valence-corrected chi connectivity index (χ3v) is 8.11. The van der Waals surface area contributed by atoms with E-state index in [4.69, 9.17) is 13.8 Å². The molecule has 2 aliphatic heterocycles. The Bertz CT molecular complexity index is 1050. The van der Waals surface area contributed by atoms with E-state index in [2.05, 4.69) is 0 Å². The van der Waals surface area contributed by atoms with Gasteiger partial charge < -0.3 is 18.7 Å². The van der Waals surface area contributed by atoms with E-state index in [0.29, 0.717) is 17.8 Å². The van der Waals surface area contributed by atoms with Gasteiger partial charge in [-0.1, -0.05) is 48.5 Å². The van der Waals surface area contributed by atoms with Crippen LogP contribution >= 0.6 is 7.60 Å². The first kappa shape index (κ1) is 22.5. The van der Waals surface area contributed by atoms with Crippen LogP contribution in [-0.2, 0) is 35.2 Å². The van der Waals surface area contributed by atoms with Gasteiger partial charge in [-0.3, -0.25) is 14.3 Å². The van der Waals surface area contributed by atoms with Gasteiger partial charge in [-0.2, -0.15) is 0 Å². The van der Waals surface area contributed by atoms with E-state index >= 15 is 0 Å². The molecule has 4 rings (SSSR count). The average molecular weight is 458 g/mol. The second kappa shape index (κ2) is 8.70. The number of benzene rings is 2. The van der Waals surface area contributed by atoms with Gasteiger partial charge in [-0.15, -0.1) is 0 Å². The number of rotatable bonds is 8. The summed E-state index contributed by atoms with van der Waals surface area (Å²) in [4.78, 5) is 29.8. The lowest BCUT2D eigenvalue weighted by Crippen LogP contribution is -2.36. The number of para-hydroxylation sites is 1. The lowest BCUT2D eigenvalue weighted by Gasteiger charge is -2.18. The van der Waals surface area contributed by atoms with Crippen LogP contribution in [0.5, 0.6) is 0 Å². The van der Waals surface area contributed by atoms with Crippen LogP contribution in [0.1, 0.15) is 31.9 Å². The van der Waals surface area contributed by atoms with Crippen molar-refractivity contribution in [3.63, 3.8) is 0 Å². The first-order valence-corrected chi connectivity index (χ1v) is 12.4. The predicted molar refractivity (Wildman–Crippen MR) is 119 cm³/mol. The Balaban J connectivity index is 1.84. The van der Waals surface area contributed by atoms with Crippen molar-refractivity contribution in [2.45, 2.75) is 38.6 Å². The second-order valence-corrected chi connectivity index (χ2v) is 9.56. The normalized spacial score (nSPS) is 21.7. The van der Waals surface area contributed by atoms with E-state index in [-0.39, 0.29) is 25.7 Å². The lowest BCUT2D eigenvalue weighted by molar-refractivity contribution is -0.121. The molecule has 9 heteroatoms. The Morgan fingerprint density at radius 1 is 0.969 bits per heavy atom. The van der Waals surface area contributed by atoms with Crippen molar-refractivity contribution >= 4 is 25.3 Å². The van der Waals surface area contributed by atoms with Crippen molar-refractivity contribution in [1.82, 2.24) is 4.90 Å². The summed E-state index contributed by atoms with van der Waals surface area (Å²) < 4.78 is 30.2. The molecule has 0 aromatic heterocycles. The molecule has 0 aliphatic carbocycles. The summed E-state index contributed by atoms with van der Waals surface area (Å²) >= 11 is 0. The minimum atomic E-state index is -3.85. The van der Waals surface area contributed by atoms with Crippen molar-refractivity contribution in [1.29, 1.82) is 0 Å². The number of nitrogens with zero attached hydrogens (tertiary/aromatic N) is 2. The fraction of sp³-hybridized carbons (Fsp3) is 0.391. The van der Waals surface area contributed by atoms with E-state index in [1.54, 1.807) is 37.8 Å². The number of fused-ring (bicyclic) bond motifs is 2. The molecule has 2 heterocycles. The van der Waals surface area contributed by atoms with Gasteiger partial charge in [0.25, 0.3) is 5.91 Å². The minimum Gasteiger partial charge on any atom is -0.450 e. The number of carbonyl (C=O) groups is 2. The standard InChI is InChI=1S/C23H27N2O6P/c1-4-29-22(27)25-21(32(28,30-5-2)31-6-3)23(25)18-14-10-11-15-19(18)24(20(23)26)16-17-12-8-7-9-13-17/h7-15,21H,4-6,16H2,1-3H3. The van der Waals surface area contributed by atoms with Crippen molar-refractivity contribution in [2.24, 2.45) is 0 Å². The van der Waals surface area contributed by atoms with Gasteiger partial charge in [0.05, 0.1) is 32.1 Å². The van der Waals surface area contributed by atoms with E-state index in [1.807, 2.05) is 42.5 Å². The van der Waals surface area contributed by atoms with Gasteiger partial charge in [-0.25, -0.2) is 4.79 Å². The highest BCUT2D eigenvalue weighted by atomic mass is 31.2. The number of hydrogen-bond acceptors (Lipinski definition) is 6. The Morgan fingerprint density at radius 3 is 2.22 bits per heavy atom. The lowest BCUT2D eigenvalue weighted by atomic mass is 10.0. The molecular formula is C23H27N2O6P. The number of hydrogen-bond donors (Lipinski definition) is 0. The topological polar surface area (TPSA) is 85.1 Å². The molecule has 2 amide bonds. The summed E-state index contributed by atoms with van der Waals surface area (Å²) in [5.74, 6) is -1.44. The molecule has 170 valence electrons. The molecule has 8 nitrogen and oxygen atoms in total. The molecule has 2 unspecified atom stereocenters. The zero-order valence-electron chi connectivity index (χ0n) is 18.4. The molecule has 0 N–H and O–H groups in total. The number of carbonyl (C=O) groups excluding carboxylic acids is 2. The number of anilines is 1. The molecule has 2 aliphatic rings. The van der Waals surface area contributed by atoms with Gasteiger partial charge in [-0.05, 0) is 32.4 Å². The quantitative estimate of drug-likeness (QED) is 0.428. The molecule has 1 spiro atoms. The van der Waals surface area contributed by atoms with Gasteiger partial charge in [0.1, 0.15) is 0 Å². The number of amides is 2. The van der Waals surface area contributed by atoms with Crippen molar-refractivity contribution < 1.29 is 27.9 Å². The Labute approximate surface area is 187 Å². The van der Waals surface area contributed by atoms with Crippen LogP contribution < -0.4 is 4.90 Å². The SMILES string of the molecule is CCOC(=O)N1C(P(=O)(OCC)OCC)C12C(=O)N(Cc1ccccc1)c1ccccc12. The highest BCUT2D eigenvalue weighted by Crippen LogP contribution is 2.74. The molecule has 1 saturated heterocycles. The first-order valence-electron chi connectivity index (χ1n) is 10.8. The van der Waals surface area contributed by atoms with Crippen molar-refractivity contribution in [3.8, 4) is 0 Å². The summed E-state index contributed by atoms with van der Waals surface area (Å²) in [5.41, 5.74) is 0.707. The summed E-state index contributed by atoms with van der Waals surface area (Å²) in [6.07, 6.45) is -0.721. The molecule has 32 heavy (non-hydrogen) atoms. The van der Waals surface area contributed by atoms with Gasteiger partial charge in [0.2, 0.25) is 0 Å². The minimum absolute atomic E-state index is 0.115. The van der Waals surface area contributed by atoms with Crippen LogP contribution in [0.4, 0.5) is 10.5 Å². The third kappa shape index (κ3) is 3.34. The number of ether oxygens (including phenoxy) is 1. The smallest absolute Gasteiger partial charge is 0.411 e. The van der Waals surface area contributed by atoms with Gasteiger partial charge in [0.15, 0.2) is 11.3 Å². The first-order chi connectivity index (χ1) is 15.5. The third-order valence-electron chi connectivity index (χ3n) is 5.67. The average Bonchev–Trinajstić information content (AvgIpc) is 3.45. The molecule has 0 radical (unpaired) electrons. The monoisotopic (exact) mass is 458 g/mol. The summed E-state index contributed by atoms with van der Waals surface area (Å²) in [5, 5.41) is 0. The molecule has 0 saturated carbocycles. The summed E-state index contributed by atoms with van der Waals surface area (Å²) in [6.45, 7) is 5.74. The van der Waals surface area contributed by atoms with Crippen LogP contribution in [0.3, 0.4) is 0 Å². The Morgan fingerprint density at radius 2 is 1.59 bits per heavy atom. The van der Waals surface area contributed by atoms with Crippen LogP contribution in [0, 0.1) is 0 Å². The van der Waals surface area contributed by atoms with E-state index < -0.39 is 25.0 Å². The fourth-order valence-electron chi connectivity index (χ4n) is 4.49. The molecule has 2 aromatic carbocycles. The zero-order chi connectivity index (χ0) is 22.9. The maximum absolute atomic E-state index is 14.0. The van der Waals surface area contributed by atoms with E-state index in [1.165, 1.54) is 4.90 Å². The second-order valence-electron chi connectivity index (χ2n) is 7.48.